The van der Waals surface area contributed by atoms with Crippen molar-refractivity contribution in [3.05, 3.63) is 59.4 Å². The van der Waals surface area contributed by atoms with Crippen molar-refractivity contribution in [1.82, 2.24) is 0 Å². The highest BCUT2D eigenvalue weighted by Gasteiger charge is 2.32. The van der Waals surface area contributed by atoms with Gasteiger partial charge in [-0.15, -0.1) is 0 Å². The maximum atomic E-state index is 14.6. The maximum Gasteiger partial charge on any atom is 0.414 e. The minimum Gasteiger partial charge on any atom is -0.441 e. The molecule has 5 nitrogen and oxygen atoms in total. The van der Waals surface area contributed by atoms with Crippen molar-refractivity contribution in [2.45, 2.75) is 19.2 Å². The lowest BCUT2D eigenvalue weighted by molar-refractivity contribution is 0.0963. The number of anilines is 2. The van der Waals surface area contributed by atoms with Crippen LogP contribution in [-0.2, 0) is 17.8 Å². The standard InChI is InChI=1S/C18H17FN2O3/c19-16-7-14(21-10-15(11-22)24-18(21)23)5-6-17(16)20-8-12-3-1-2-4-13(12)9-20/h1-7,15,22H,8-11H2/t15-/m1/s1. The van der Waals surface area contributed by atoms with Crippen LogP contribution in [-0.4, -0.2) is 30.5 Å². The molecule has 2 aliphatic heterocycles. The molecule has 1 atom stereocenters. The van der Waals surface area contributed by atoms with Crippen LogP contribution in [0.25, 0.3) is 0 Å². The van der Waals surface area contributed by atoms with Gasteiger partial charge in [-0.3, -0.25) is 4.90 Å². The second kappa shape index (κ2) is 5.79. The Morgan fingerprint density at radius 1 is 1.17 bits per heavy atom. The fourth-order valence-electron chi connectivity index (χ4n) is 3.25. The number of halogens is 1. The Labute approximate surface area is 138 Å². The molecular weight excluding hydrogens is 311 g/mol. The number of aliphatic hydroxyl groups is 1. The van der Waals surface area contributed by atoms with Gasteiger partial charge in [0.1, 0.15) is 11.9 Å². The molecule has 24 heavy (non-hydrogen) atoms. The summed E-state index contributed by atoms with van der Waals surface area (Å²) in [6.07, 6.45) is -1.12. The molecule has 0 spiro atoms. The Morgan fingerprint density at radius 2 is 1.88 bits per heavy atom. The average Bonchev–Trinajstić information content (AvgIpc) is 3.17. The van der Waals surface area contributed by atoms with E-state index in [1.54, 1.807) is 12.1 Å². The molecular formula is C18H17FN2O3. The number of ether oxygens (including phenoxy) is 1. The zero-order valence-electron chi connectivity index (χ0n) is 13.0. The van der Waals surface area contributed by atoms with E-state index in [0.29, 0.717) is 24.5 Å². The van der Waals surface area contributed by atoms with E-state index in [9.17, 15) is 9.18 Å². The Balaban J connectivity index is 1.57. The van der Waals surface area contributed by atoms with Crippen molar-refractivity contribution in [2.24, 2.45) is 0 Å². The first kappa shape index (κ1) is 15.0. The van der Waals surface area contributed by atoms with Crippen LogP contribution in [0.15, 0.2) is 42.5 Å². The number of hydrogen-bond acceptors (Lipinski definition) is 4. The second-order valence-corrected chi connectivity index (χ2v) is 6.06. The molecule has 6 heteroatoms. The molecule has 1 amide bonds. The number of carbonyl (C=O) groups excluding carboxylic acids is 1. The highest BCUT2D eigenvalue weighted by molar-refractivity contribution is 5.90. The van der Waals surface area contributed by atoms with Gasteiger partial charge < -0.3 is 14.7 Å². The normalized spacial score (nSPS) is 19.6. The molecule has 0 unspecified atom stereocenters. The van der Waals surface area contributed by atoms with Crippen LogP contribution < -0.4 is 9.80 Å². The summed E-state index contributed by atoms with van der Waals surface area (Å²) in [5, 5.41) is 9.09. The van der Waals surface area contributed by atoms with Crippen LogP contribution in [0.1, 0.15) is 11.1 Å². The van der Waals surface area contributed by atoms with E-state index in [2.05, 4.69) is 12.1 Å². The lowest BCUT2D eigenvalue weighted by Crippen LogP contribution is -2.25. The highest BCUT2D eigenvalue weighted by Crippen LogP contribution is 2.32. The fourth-order valence-corrected chi connectivity index (χ4v) is 3.25. The van der Waals surface area contributed by atoms with E-state index < -0.39 is 12.2 Å². The number of cyclic esters (lactones) is 1. The lowest BCUT2D eigenvalue weighted by atomic mass is 10.1. The lowest BCUT2D eigenvalue weighted by Gasteiger charge is -2.20. The van der Waals surface area contributed by atoms with Gasteiger partial charge in [0, 0.05) is 13.1 Å². The third-order valence-corrected chi connectivity index (χ3v) is 4.50. The number of rotatable bonds is 3. The van der Waals surface area contributed by atoms with Crippen LogP contribution in [0.4, 0.5) is 20.6 Å². The molecule has 0 aromatic heterocycles. The van der Waals surface area contributed by atoms with Crippen LogP contribution in [0.2, 0.25) is 0 Å². The summed E-state index contributed by atoms with van der Waals surface area (Å²) in [5.74, 6) is -0.374. The van der Waals surface area contributed by atoms with Crippen LogP contribution >= 0.6 is 0 Å². The summed E-state index contributed by atoms with van der Waals surface area (Å²) in [6, 6.07) is 12.8. The first-order valence-corrected chi connectivity index (χ1v) is 7.86. The summed E-state index contributed by atoms with van der Waals surface area (Å²) in [5.41, 5.74) is 3.36. The van der Waals surface area contributed by atoms with Crippen molar-refractivity contribution >= 4 is 17.5 Å². The van der Waals surface area contributed by atoms with Gasteiger partial charge in [-0.25, -0.2) is 9.18 Å². The predicted octanol–water partition coefficient (Wildman–Crippen LogP) is 2.66. The Morgan fingerprint density at radius 3 is 2.46 bits per heavy atom. The molecule has 0 bridgehead atoms. The Bertz CT molecular complexity index is 771. The molecule has 1 fully saturated rings. The minimum atomic E-state index is -0.562. The number of nitrogens with zero attached hydrogens (tertiary/aromatic N) is 2. The topological polar surface area (TPSA) is 53.0 Å². The Hall–Kier alpha value is -2.60. The van der Waals surface area contributed by atoms with Crippen molar-refractivity contribution < 1.29 is 19.0 Å². The van der Waals surface area contributed by atoms with Gasteiger partial charge >= 0.3 is 6.09 Å². The van der Waals surface area contributed by atoms with Crippen LogP contribution in [0, 0.1) is 5.82 Å². The number of benzene rings is 2. The molecule has 2 heterocycles. The van der Waals surface area contributed by atoms with Crippen LogP contribution in [0.5, 0.6) is 0 Å². The van der Waals surface area contributed by atoms with Gasteiger partial charge in [0.05, 0.1) is 24.5 Å². The summed E-state index contributed by atoms with van der Waals surface area (Å²) < 4.78 is 19.6. The third kappa shape index (κ3) is 2.49. The molecule has 4 rings (SSSR count). The SMILES string of the molecule is O=C1O[C@@H](CO)CN1c1ccc(N2Cc3ccccc3C2)c(F)c1. The van der Waals surface area contributed by atoms with E-state index in [0.717, 1.165) is 0 Å². The van der Waals surface area contributed by atoms with Gasteiger partial charge in [0.2, 0.25) is 0 Å². The summed E-state index contributed by atoms with van der Waals surface area (Å²) >= 11 is 0. The minimum absolute atomic E-state index is 0.225. The number of carbonyl (C=O) groups is 1. The summed E-state index contributed by atoms with van der Waals surface area (Å²) in [7, 11) is 0. The molecule has 0 saturated carbocycles. The van der Waals surface area contributed by atoms with Crippen molar-refractivity contribution in [3.63, 3.8) is 0 Å². The fraction of sp³-hybridized carbons (Fsp3) is 0.278. The molecule has 2 aromatic carbocycles. The van der Waals surface area contributed by atoms with Crippen molar-refractivity contribution in [2.75, 3.05) is 23.0 Å². The van der Waals surface area contributed by atoms with Gasteiger partial charge in [-0.2, -0.15) is 0 Å². The largest absolute Gasteiger partial charge is 0.441 e. The number of amides is 1. The molecule has 1 N–H and O–H groups in total. The van der Waals surface area contributed by atoms with Crippen LogP contribution in [0.3, 0.4) is 0 Å². The summed E-state index contributed by atoms with van der Waals surface area (Å²) in [6.45, 7) is 1.33. The Kier molecular flexibility index (Phi) is 3.61. The molecule has 124 valence electrons. The maximum absolute atomic E-state index is 14.6. The zero-order chi connectivity index (χ0) is 16.7. The third-order valence-electron chi connectivity index (χ3n) is 4.50. The predicted molar refractivity (Wildman–Crippen MR) is 87.4 cm³/mol. The van der Waals surface area contributed by atoms with Gasteiger partial charge in [-0.1, -0.05) is 24.3 Å². The highest BCUT2D eigenvalue weighted by atomic mass is 19.1. The first-order chi connectivity index (χ1) is 11.7. The zero-order valence-corrected chi connectivity index (χ0v) is 13.0. The smallest absolute Gasteiger partial charge is 0.414 e. The van der Waals surface area contributed by atoms with Crippen molar-refractivity contribution in [3.8, 4) is 0 Å². The number of fused-ring (bicyclic) bond motifs is 1. The number of aliphatic hydroxyl groups excluding tert-OH is 1. The van der Waals surface area contributed by atoms with E-state index in [1.807, 2.05) is 17.0 Å². The van der Waals surface area contributed by atoms with Gasteiger partial charge in [0.25, 0.3) is 0 Å². The molecule has 0 aliphatic carbocycles. The molecule has 1 saturated heterocycles. The quantitative estimate of drug-likeness (QED) is 0.941. The van der Waals surface area contributed by atoms with Gasteiger partial charge in [-0.05, 0) is 29.3 Å². The van der Waals surface area contributed by atoms with E-state index >= 15 is 0 Å². The molecule has 2 aromatic rings. The molecule has 0 radical (unpaired) electrons. The first-order valence-electron chi connectivity index (χ1n) is 7.86. The van der Waals surface area contributed by atoms with E-state index in [4.69, 9.17) is 9.84 Å². The van der Waals surface area contributed by atoms with E-state index in [1.165, 1.54) is 22.1 Å². The van der Waals surface area contributed by atoms with E-state index in [-0.39, 0.29) is 19.0 Å². The average molecular weight is 328 g/mol. The number of hydrogen-bond donors (Lipinski definition) is 1. The second-order valence-electron chi connectivity index (χ2n) is 6.06. The molecule has 2 aliphatic rings. The summed E-state index contributed by atoms with van der Waals surface area (Å²) in [4.78, 5) is 15.1. The van der Waals surface area contributed by atoms with Gasteiger partial charge in [0.15, 0.2) is 0 Å². The van der Waals surface area contributed by atoms with Crippen molar-refractivity contribution in [1.29, 1.82) is 0 Å². The monoisotopic (exact) mass is 328 g/mol.